The van der Waals surface area contributed by atoms with E-state index in [1.165, 1.54) is 30.3 Å². The van der Waals surface area contributed by atoms with Gasteiger partial charge in [-0.15, -0.1) is 0 Å². The van der Waals surface area contributed by atoms with Crippen molar-refractivity contribution in [1.29, 1.82) is 0 Å². The smallest absolute Gasteiger partial charge is 0.144 e. The van der Waals surface area contributed by atoms with Gasteiger partial charge in [-0.2, -0.15) is 0 Å². The van der Waals surface area contributed by atoms with Gasteiger partial charge in [-0.3, -0.25) is 0 Å². The van der Waals surface area contributed by atoms with Crippen LogP contribution < -0.4 is 14.8 Å². The molecule has 5 nitrogen and oxygen atoms in total. The van der Waals surface area contributed by atoms with Crippen LogP contribution >= 0.6 is 0 Å². The standard InChI is InChI=1S/C22H23F2NO4/c23-15-3-7-19-13(9-15)1-5-21(28-19)17(26)11-25-12-18(27)22-6-2-14-10-16(24)4-8-20(14)29-22/h1,3-5,7-10,17-18,21-22,25-27H,2,6,11-12H2/t17-,18-,21-,22+/m0/s1. The molecule has 29 heavy (non-hydrogen) atoms. The van der Waals surface area contributed by atoms with Crippen molar-refractivity contribution in [3.05, 3.63) is 65.2 Å². The molecule has 2 aliphatic rings. The minimum Gasteiger partial charge on any atom is -0.487 e. The van der Waals surface area contributed by atoms with Crippen LogP contribution in [0, 0.1) is 11.6 Å². The van der Waals surface area contributed by atoms with Crippen LogP contribution in [0.1, 0.15) is 17.5 Å². The van der Waals surface area contributed by atoms with E-state index >= 15 is 0 Å². The maximum absolute atomic E-state index is 13.3. The fraction of sp³-hybridized carbons (Fsp3) is 0.364. The van der Waals surface area contributed by atoms with Crippen molar-refractivity contribution in [2.24, 2.45) is 0 Å². The molecule has 0 fully saturated rings. The van der Waals surface area contributed by atoms with Crippen LogP contribution in [0.4, 0.5) is 8.78 Å². The summed E-state index contributed by atoms with van der Waals surface area (Å²) in [6, 6.07) is 8.60. The number of aliphatic hydroxyl groups is 2. The summed E-state index contributed by atoms with van der Waals surface area (Å²) in [5.74, 6) is 0.472. The predicted molar refractivity (Wildman–Crippen MR) is 104 cm³/mol. The van der Waals surface area contributed by atoms with E-state index in [2.05, 4.69) is 5.32 Å². The van der Waals surface area contributed by atoms with E-state index in [-0.39, 0.29) is 24.7 Å². The lowest BCUT2D eigenvalue weighted by atomic mass is 9.99. The van der Waals surface area contributed by atoms with E-state index < -0.39 is 24.4 Å². The van der Waals surface area contributed by atoms with E-state index in [9.17, 15) is 19.0 Å². The van der Waals surface area contributed by atoms with Gasteiger partial charge in [-0.1, -0.05) is 6.08 Å². The van der Waals surface area contributed by atoms with Gasteiger partial charge >= 0.3 is 0 Å². The molecule has 2 aliphatic heterocycles. The molecule has 0 bridgehead atoms. The zero-order chi connectivity index (χ0) is 20.4. The fourth-order valence-corrected chi connectivity index (χ4v) is 3.62. The van der Waals surface area contributed by atoms with E-state index in [0.717, 1.165) is 5.56 Å². The highest BCUT2D eigenvalue weighted by atomic mass is 19.1. The summed E-state index contributed by atoms with van der Waals surface area (Å²) >= 11 is 0. The third-order valence-corrected chi connectivity index (χ3v) is 5.21. The molecule has 0 radical (unpaired) electrons. The molecule has 4 rings (SSSR count). The van der Waals surface area contributed by atoms with Gasteiger partial charge in [0.1, 0.15) is 47.5 Å². The first-order valence-electron chi connectivity index (χ1n) is 9.66. The van der Waals surface area contributed by atoms with Crippen molar-refractivity contribution in [3.63, 3.8) is 0 Å². The van der Waals surface area contributed by atoms with Crippen LogP contribution in [0.3, 0.4) is 0 Å². The second-order valence-electron chi connectivity index (χ2n) is 7.36. The van der Waals surface area contributed by atoms with Crippen molar-refractivity contribution in [2.75, 3.05) is 13.1 Å². The Kier molecular flexibility index (Phi) is 5.80. The topological polar surface area (TPSA) is 71.0 Å². The van der Waals surface area contributed by atoms with Gasteiger partial charge in [-0.05, 0) is 60.9 Å². The van der Waals surface area contributed by atoms with Crippen LogP contribution in [0.25, 0.3) is 6.08 Å². The number of hydrogen-bond donors (Lipinski definition) is 3. The van der Waals surface area contributed by atoms with Crippen LogP contribution in [0.5, 0.6) is 11.5 Å². The minimum atomic E-state index is -0.840. The van der Waals surface area contributed by atoms with Gasteiger partial charge in [0, 0.05) is 18.7 Å². The molecule has 0 amide bonds. The first-order valence-corrected chi connectivity index (χ1v) is 9.66. The number of fused-ring (bicyclic) bond motifs is 2. The monoisotopic (exact) mass is 403 g/mol. The molecule has 0 unspecified atom stereocenters. The summed E-state index contributed by atoms with van der Waals surface area (Å²) < 4.78 is 38.0. The maximum Gasteiger partial charge on any atom is 0.144 e. The molecule has 154 valence electrons. The second-order valence-corrected chi connectivity index (χ2v) is 7.36. The Morgan fingerprint density at radius 2 is 1.69 bits per heavy atom. The quantitative estimate of drug-likeness (QED) is 0.691. The normalized spacial score (nSPS) is 22.1. The van der Waals surface area contributed by atoms with Gasteiger partial charge in [0.05, 0.1) is 0 Å². The number of rotatable bonds is 6. The molecule has 0 aliphatic carbocycles. The van der Waals surface area contributed by atoms with E-state index in [0.29, 0.717) is 29.9 Å². The summed E-state index contributed by atoms with van der Waals surface area (Å²) in [5, 5.41) is 23.8. The summed E-state index contributed by atoms with van der Waals surface area (Å²) in [4.78, 5) is 0. The molecular formula is C22H23F2NO4. The molecule has 3 N–H and O–H groups in total. The molecule has 4 atom stereocenters. The molecule has 0 aromatic heterocycles. The zero-order valence-electron chi connectivity index (χ0n) is 15.7. The van der Waals surface area contributed by atoms with Crippen LogP contribution in [0.2, 0.25) is 0 Å². The Morgan fingerprint density at radius 1 is 0.966 bits per heavy atom. The Balaban J connectivity index is 1.25. The summed E-state index contributed by atoms with van der Waals surface area (Å²) in [6.07, 6.45) is 2.06. The predicted octanol–water partition coefficient (Wildman–Crippen LogP) is 2.44. The molecule has 2 heterocycles. The van der Waals surface area contributed by atoms with Gasteiger partial charge in [0.15, 0.2) is 0 Å². The Bertz CT molecular complexity index is 904. The Labute approximate surface area is 167 Å². The minimum absolute atomic E-state index is 0.205. The van der Waals surface area contributed by atoms with Crippen LogP contribution in [0.15, 0.2) is 42.5 Å². The largest absolute Gasteiger partial charge is 0.487 e. The van der Waals surface area contributed by atoms with Crippen molar-refractivity contribution in [3.8, 4) is 11.5 Å². The number of hydrogen-bond acceptors (Lipinski definition) is 5. The first-order chi connectivity index (χ1) is 14.0. The van der Waals surface area contributed by atoms with Gasteiger partial charge < -0.3 is 25.0 Å². The van der Waals surface area contributed by atoms with Crippen molar-refractivity contribution < 1.29 is 28.5 Å². The van der Waals surface area contributed by atoms with E-state index in [1.807, 2.05) is 0 Å². The third-order valence-electron chi connectivity index (χ3n) is 5.21. The number of nitrogens with one attached hydrogen (secondary N) is 1. The molecule has 0 saturated carbocycles. The maximum atomic E-state index is 13.3. The molecule has 7 heteroatoms. The molecule has 0 spiro atoms. The number of benzene rings is 2. The molecule has 2 aromatic carbocycles. The SMILES string of the molecule is O[C@@H](CNC[C@H](O)[C@H]1CCc2cc(F)ccc2O1)[C@@H]1C=Cc2cc(F)ccc2O1. The van der Waals surface area contributed by atoms with E-state index in [1.54, 1.807) is 18.2 Å². The zero-order valence-corrected chi connectivity index (χ0v) is 15.7. The van der Waals surface area contributed by atoms with E-state index in [4.69, 9.17) is 9.47 Å². The highest BCUT2D eigenvalue weighted by Gasteiger charge is 2.27. The number of halogens is 2. The fourth-order valence-electron chi connectivity index (χ4n) is 3.62. The summed E-state index contributed by atoms with van der Waals surface area (Å²) in [7, 11) is 0. The average molecular weight is 403 g/mol. The van der Waals surface area contributed by atoms with Crippen molar-refractivity contribution in [1.82, 2.24) is 5.32 Å². The highest BCUT2D eigenvalue weighted by molar-refractivity contribution is 5.60. The van der Waals surface area contributed by atoms with Crippen LogP contribution in [-0.2, 0) is 6.42 Å². The van der Waals surface area contributed by atoms with Crippen molar-refractivity contribution >= 4 is 6.08 Å². The first kappa shape index (κ1) is 19.8. The highest BCUT2D eigenvalue weighted by Crippen LogP contribution is 2.29. The second kappa shape index (κ2) is 8.49. The van der Waals surface area contributed by atoms with Crippen molar-refractivity contribution in [2.45, 2.75) is 37.3 Å². The Morgan fingerprint density at radius 3 is 2.52 bits per heavy atom. The Hall–Kier alpha value is -2.48. The van der Waals surface area contributed by atoms with Gasteiger partial charge in [0.25, 0.3) is 0 Å². The summed E-state index contributed by atoms with van der Waals surface area (Å²) in [6.45, 7) is 0.438. The van der Waals surface area contributed by atoms with Crippen LogP contribution in [-0.4, -0.2) is 47.7 Å². The lowest BCUT2D eigenvalue weighted by molar-refractivity contribution is 0.0185. The van der Waals surface area contributed by atoms with Gasteiger partial charge in [-0.25, -0.2) is 8.78 Å². The number of aryl methyl sites for hydroxylation is 1. The molecule has 0 saturated heterocycles. The lowest BCUT2D eigenvalue weighted by Crippen LogP contribution is -2.45. The molecule has 2 aromatic rings. The number of aliphatic hydroxyl groups excluding tert-OH is 2. The third kappa shape index (κ3) is 4.58. The van der Waals surface area contributed by atoms with Gasteiger partial charge in [0.2, 0.25) is 0 Å². The number of ether oxygens (including phenoxy) is 2. The molecular weight excluding hydrogens is 380 g/mol. The summed E-state index contributed by atoms with van der Waals surface area (Å²) in [5.41, 5.74) is 1.43. The lowest BCUT2D eigenvalue weighted by Gasteiger charge is -2.30. The average Bonchev–Trinajstić information content (AvgIpc) is 2.72.